The Balaban J connectivity index is 0.000000921. The smallest absolute Gasteiger partial charge is 0.00297 e. The van der Waals surface area contributed by atoms with Gasteiger partial charge in [0, 0.05) is 0 Å². The summed E-state index contributed by atoms with van der Waals surface area (Å²) in [6.45, 7) is 6.24. The fourth-order valence-electron chi connectivity index (χ4n) is 1.53. The molecule has 0 bridgehead atoms. The van der Waals surface area contributed by atoms with Gasteiger partial charge in [0.15, 0.2) is 0 Å². The molecule has 0 aromatic heterocycles. The molecule has 0 amide bonds. The Bertz CT molecular complexity index is 243. The van der Waals surface area contributed by atoms with Crippen LogP contribution < -0.4 is 0 Å². The summed E-state index contributed by atoms with van der Waals surface area (Å²) in [5.41, 5.74) is 3.08. The fraction of sp³-hybridized carbons (Fsp3) is 0.571. The summed E-state index contributed by atoms with van der Waals surface area (Å²) in [6.07, 6.45) is 5.86. The standard InChI is InChI=1S/C12H18S.C2H6/c1-3-6-11-7-4-5-8-12(11)9-10-13-2;1-2/h4-5,7-8H,3,6,9-10H2,1-2H3;1-2H3. The molecule has 1 aromatic carbocycles. The number of thioether (sulfide) groups is 1. The average Bonchev–Trinajstić information content (AvgIpc) is 2.31. The van der Waals surface area contributed by atoms with Crippen LogP contribution in [0, 0.1) is 0 Å². The molecule has 0 spiro atoms. The van der Waals surface area contributed by atoms with Crippen molar-refractivity contribution in [3.63, 3.8) is 0 Å². The quantitative estimate of drug-likeness (QED) is 0.706. The van der Waals surface area contributed by atoms with Crippen LogP contribution in [-0.2, 0) is 12.8 Å². The third-order valence-electron chi connectivity index (χ3n) is 2.21. The lowest BCUT2D eigenvalue weighted by Gasteiger charge is -2.07. The van der Waals surface area contributed by atoms with E-state index in [1.807, 2.05) is 25.6 Å². The van der Waals surface area contributed by atoms with Gasteiger partial charge < -0.3 is 0 Å². The number of rotatable bonds is 5. The summed E-state index contributed by atoms with van der Waals surface area (Å²) in [5.74, 6) is 1.24. The molecule has 0 nitrogen and oxygen atoms in total. The first-order valence-corrected chi connectivity index (χ1v) is 7.33. The van der Waals surface area contributed by atoms with Gasteiger partial charge in [-0.15, -0.1) is 0 Å². The monoisotopic (exact) mass is 224 g/mol. The molecule has 0 aliphatic heterocycles. The molecule has 0 saturated carbocycles. The van der Waals surface area contributed by atoms with Gasteiger partial charge in [0.2, 0.25) is 0 Å². The molecular weight excluding hydrogens is 200 g/mol. The van der Waals surface area contributed by atoms with Crippen LogP contribution in [0.1, 0.15) is 38.3 Å². The second-order valence-electron chi connectivity index (χ2n) is 3.26. The molecule has 0 atom stereocenters. The molecule has 15 heavy (non-hydrogen) atoms. The van der Waals surface area contributed by atoms with Crippen molar-refractivity contribution in [3.05, 3.63) is 35.4 Å². The third kappa shape index (κ3) is 5.88. The number of hydrogen-bond donors (Lipinski definition) is 0. The molecule has 0 unspecified atom stereocenters. The highest BCUT2D eigenvalue weighted by molar-refractivity contribution is 7.98. The minimum absolute atomic E-state index is 1.22. The Labute approximate surface area is 99.5 Å². The van der Waals surface area contributed by atoms with Gasteiger partial charge in [-0.1, -0.05) is 51.5 Å². The molecule has 0 radical (unpaired) electrons. The summed E-state index contributed by atoms with van der Waals surface area (Å²) < 4.78 is 0. The normalized spacial score (nSPS) is 9.33. The predicted molar refractivity (Wildman–Crippen MR) is 73.9 cm³/mol. The third-order valence-corrected chi connectivity index (χ3v) is 2.83. The Morgan fingerprint density at radius 1 is 1.00 bits per heavy atom. The fourth-order valence-corrected chi connectivity index (χ4v) is 1.95. The molecule has 86 valence electrons. The van der Waals surface area contributed by atoms with Crippen molar-refractivity contribution >= 4 is 11.8 Å². The zero-order valence-corrected chi connectivity index (χ0v) is 11.4. The average molecular weight is 224 g/mol. The zero-order valence-electron chi connectivity index (χ0n) is 10.5. The van der Waals surface area contributed by atoms with Crippen LogP contribution in [0.3, 0.4) is 0 Å². The Kier molecular flexibility index (Phi) is 9.81. The molecule has 0 aliphatic rings. The van der Waals surface area contributed by atoms with E-state index in [0.29, 0.717) is 0 Å². The first-order valence-electron chi connectivity index (χ1n) is 5.94. The number of aryl methyl sites for hydroxylation is 2. The van der Waals surface area contributed by atoms with Crippen LogP contribution in [0.4, 0.5) is 0 Å². The van der Waals surface area contributed by atoms with E-state index in [-0.39, 0.29) is 0 Å². The number of hydrogen-bond acceptors (Lipinski definition) is 1. The lowest BCUT2D eigenvalue weighted by Crippen LogP contribution is -1.95. The van der Waals surface area contributed by atoms with Crippen LogP contribution in [0.15, 0.2) is 24.3 Å². The largest absolute Gasteiger partial charge is 0.165 e. The van der Waals surface area contributed by atoms with Gasteiger partial charge >= 0.3 is 0 Å². The van der Waals surface area contributed by atoms with Crippen LogP contribution in [0.2, 0.25) is 0 Å². The maximum Gasteiger partial charge on any atom is -0.00297 e. The van der Waals surface area contributed by atoms with Crippen molar-refractivity contribution in [2.24, 2.45) is 0 Å². The molecular formula is C14H24S. The Morgan fingerprint density at radius 2 is 1.53 bits per heavy atom. The Hall–Kier alpha value is -0.430. The van der Waals surface area contributed by atoms with Crippen LogP contribution in [0.5, 0.6) is 0 Å². The van der Waals surface area contributed by atoms with Gasteiger partial charge in [-0.2, -0.15) is 11.8 Å². The van der Waals surface area contributed by atoms with Crippen molar-refractivity contribution < 1.29 is 0 Å². The minimum Gasteiger partial charge on any atom is -0.165 e. The SMILES string of the molecule is CC.CCCc1ccccc1CCSC. The molecule has 1 aromatic rings. The number of benzene rings is 1. The predicted octanol–water partition coefficient (Wildman–Crippen LogP) is 4.57. The van der Waals surface area contributed by atoms with Gasteiger partial charge in [-0.25, -0.2) is 0 Å². The van der Waals surface area contributed by atoms with Gasteiger partial charge in [0.25, 0.3) is 0 Å². The van der Waals surface area contributed by atoms with Crippen LogP contribution in [0.25, 0.3) is 0 Å². The van der Waals surface area contributed by atoms with Crippen molar-refractivity contribution in [3.8, 4) is 0 Å². The molecule has 1 heteroatoms. The summed E-state index contributed by atoms with van der Waals surface area (Å²) >= 11 is 1.92. The highest BCUT2D eigenvalue weighted by atomic mass is 32.2. The van der Waals surface area contributed by atoms with E-state index in [1.165, 1.54) is 25.0 Å². The first kappa shape index (κ1) is 14.6. The lowest BCUT2D eigenvalue weighted by atomic mass is 10.0. The van der Waals surface area contributed by atoms with Crippen molar-refractivity contribution in [2.45, 2.75) is 40.0 Å². The molecule has 0 aliphatic carbocycles. The topological polar surface area (TPSA) is 0 Å². The Morgan fingerprint density at radius 3 is 2.00 bits per heavy atom. The summed E-state index contributed by atoms with van der Waals surface area (Å²) in [6, 6.07) is 8.82. The molecule has 0 fully saturated rings. The van der Waals surface area contributed by atoms with E-state index < -0.39 is 0 Å². The first-order chi connectivity index (χ1) is 7.38. The summed E-state index contributed by atoms with van der Waals surface area (Å²) in [5, 5.41) is 0. The van der Waals surface area contributed by atoms with Gasteiger partial charge in [-0.3, -0.25) is 0 Å². The zero-order chi connectivity index (χ0) is 11.5. The van der Waals surface area contributed by atoms with Gasteiger partial charge in [-0.05, 0) is 36.0 Å². The highest BCUT2D eigenvalue weighted by Gasteiger charge is 1.99. The molecule has 0 heterocycles. The summed E-state index contributed by atoms with van der Waals surface area (Å²) in [4.78, 5) is 0. The maximum absolute atomic E-state index is 2.27. The second-order valence-corrected chi connectivity index (χ2v) is 4.25. The molecule has 0 N–H and O–H groups in total. The van der Waals surface area contributed by atoms with E-state index in [1.54, 1.807) is 11.1 Å². The van der Waals surface area contributed by atoms with E-state index in [2.05, 4.69) is 37.4 Å². The van der Waals surface area contributed by atoms with Gasteiger partial charge in [0.1, 0.15) is 0 Å². The lowest BCUT2D eigenvalue weighted by molar-refractivity contribution is 0.901. The van der Waals surface area contributed by atoms with E-state index >= 15 is 0 Å². The van der Waals surface area contributed by atoms with E-state index in [0.717, 1.165) is 0 Å². The van der Waals surface area contributed by atoms with Crippen molar-refractivity contribution in [2.75, 3.05) is 12.0 Å². The minimum atomic E-state index is 1.22. The van der Waals surface area contributed by atoms with E-state index in [4.69, 9.17) is 0 Å². The summed E-state index contributed by atoms with van der Waals surface area (Å²) in [7, 11) is 0. The van der Waals surface area contributed by atoms with Crippen LogP contribution >= 0.6 is 11.8 Å². The van der Waals surface area contributed by atoms with E-state index in [9.17, 15) is 0 Å². The van der Waals surface area contributed by atoms with Crippen molar-refractivity contribution in [1.29, 1.82) is 0 Å². The highest BCUT2D eigenvalue weighted by Crippen LogP contribution is 2.13. The molecule has 0 saturated heterocycles. The maximum atomic E-state index is 2.27. The molecule has 1 rings (SSSR count). The van der Waals surface area contributed by atoms with Crippen molar-refractivity contribution in [1.82, 2.24) is 0 Å². The second kappa shape index (κ2) is 10.1. The van der Waals surface area contributed by atoms with Gasteiger partial charge in [0.05, 0.1) is 0 Å². The van der Waals surface area contributed by atoms with Crippen LogP contribution in [-0.4, -0.2) is 12.0 Å².